The minimum absolute atomic E-state index is 0.183. The lowest BCUT2D eigenvalue weighted by Gasteiger charge is -2.09. The van der Waals surface area contributed by atoms with E-state index in [4.69, 9.17) is 5.11 Å². The van der Waals surface area contributed by atoms with Crippen molar-refractivity contribution in [2.24, 2.45) is 0 Å². The first kappa shape index (κ1) is 9.58. The van der Waals surface area contributed by atoms with Crippen molar-refractivity contribution in [1.29, 1.82) is 0 Å². The van der Waals surface area contributed by atoms with Gasteiger partial charge in [0.2, 0.25) is 0 Å². The first-order valence-electron chi connectivity index (χ1n) is 3.98. The quantitative estimate of drug-likeness (QED) is 0.695. The lowest BCUT2D eigenvalue weighted by molar-refractivity contribution is 0.0696. The zero-order valence-corrected chi connectivity index (χ0v) is 7.88. The summed E-state index contributed by atoms with van der Waals surface area (Å²) in [6.45, 7) is 5.09. The second-order valence-electron chi connectivity index (χ2n) is 3.14. The number of aromatic carboxylic acids is 1. The maximum absolute atomic E-state index is 10.8. The molecule has 3 nitrogen and oxygen atoms in total. The largest absolute Gasteiger partial charge is 0.507 e. The van der Waals surface area contributed by atoms with Crippen molar-refractivity contribution in [3.63, 3.8) is 0 Å². The molecule has 0 radical (unpaired) electrons. The van der Waals surface area contributed by atoms with Crippen LogP contribution in [0.5, 0.6) is 5.75 Å². The molecule has 0 atom stereocenters. The average molecular weight is 180 g/mol. The normalized spacial score (nSPS) is 10.1. The summed E-state index contributed by atoms with van der Waals surface area (Å²) in [4.78, 5) is 10.8. The maximum Gasteiger partial charge on any atom is 0.335 e. The van der Waals surface area contributed by atoms with Crippen LogP contribution >= 0.6 is 0 Å². The van der Waals surface area contributed by atoms with Crippen LogP contribution in [0, 0.1) is 20.8 Å². The molecule has 0 bridgehead atoms. The lowest BCUT2D eigenvalue weighted by Crippen LogP contribution is -2.02. The zero-order valence-electron chi connectivity index (χ0n) is 7.88. The molecule has 0 heterocycles. The van der Waals surface area contributed by atoms with E-state index in [2.05, 4.69) is 0 Å². The number of carboxylic acids is 1. The van der Waals surface area contributed by atoms with Gasteiger partial charge in [0.05, 0.1) is 5.56 Å². The van der Waals surface area contributed by atoms with Gasteiger partial charge in [0.1, 0.15) is 5.75 Å². The van der Waals surface area contributed by atoms with Gasteiger partial charge in [-0.2, -0.15) is 0 Å². The number of phenols is 1. The van der Waals surface area contributed by atoms with Gasteiger partial charge in [-0.15, -0.1) is 0 Å². The highest BCUT2D eigenvalue weighted by molar-refractivity contribution is 5.90. The number of carbonyl (C=O) groups is 1. The van der Waals surface area contributed by atoms with Gasteiger partial charge in [0.15, 0.2) is 0 Å². The molecule has 2 N–H and O–H groups in total. The number of aryl methyl sites for hydroxylation is 1. The second kappa shape index (κ2) is 3.09. The summed E-state index contributed by atoms with van der Waals surface area (Å²) in [5.41, 5.74) is 2.11. The highest BCUT2D eigenvalue weighted by Crippen LogP contribution is 2.27. The van der Waals surface area contributed by atoms with Gasteiger partial charge >= 0.3 is 5.97 Å². The fourth-order valence-electron chi connectivity index (χ4n) is 1.29. The van der Waals surface area contributed by atoms with Crippen LogP contribution in [0.25, 0.3) is 0 Å². The fraction of sp³-hybridized carbons (Fsp3) is 0.300. The molecule has 0 amide bonds. The Hall–Kier alpha value is -1.51. The molecule has 3 heteroatoms. The van der Waals surface area contributed by atoms with E-state index in [0.29, 0.717) is 16.7 Å². The topological polar surface area (TPSA) is 57.5 Å². The van der Waals surface area contributed by atoms with E-state index in [1.807, 2.05) is 0 Å². The van der Waals surface area contributed by atoms with Crippen molar-refractivity contribution >= 4 is 5.97 Å². The Kier molecular flexibility index (Phi) is 2.28. The predicted octanol–water partition coefficient (Wildman–Crippen LogP) is 2.02. The Morgan fingerprint density at radius 2 is 1.77 bits per heavy atom. The minimum Gasteiger partial charge on any atom is -0.507 e. The molecule has 0 saturated heterocycles. The number of carboxylic acid groups (broad SMARTS) is 1. The molecule has 0 aliphatic heterocycles. The summed E-state index contributed by atoms with van der Waals surface area (Å²) >= 11 is 0. The van der Waals surface area contributed by atoms with E-state index < -0.39 is 5.97 Å². The molecular weight excluding hydrogens is 168 g/mol. The fourth-order valence-corrected chi connectivity index (χ4v) is 1.29. The standard InChI is InChI=1S/C10H12O3/c1-5-4-8(10(12)13)6(2)7(3)9(5)11/h4,11H,1-3H3,(H,12,13). The summed E-state index contributed by atoms with van der Waals surface area (Å²) in [5, 5.41) is 18.3. The molecule has 70 valence electrons. The van der Waals surface area contributed by atoms with E-state index in [0.717, 1.165) is 0 Å². The van der Waals surface area contributed by atoms with Crippen molar-refractivity contribution < 1.29 is 15.0 Å². The number of hydrogen-bond donors (Lipinski definition) is 2. The molecule has 13 heavy (non-hydrogen) atoms. The number of rotatable bonds is 1. The maximum atomic E-state index is 10.8. The number of phenolic OH excluding ortho intramolecular Hbond substituents is 1. The van der Waals surface area contributed by atoms with Crippen LogP contribution in [0.3, 0.4) is 0 Å². The molecule has 0 aromatic heterocycles. The van der Waals surface area contributed by atoms with Gasteiger partial charge in [-0.25, -0.2) is 4.79 Å². The summed E-state index contributed by atoms with van der Waals surface area (Å²) in [5.74, 6) is -0.772. The third-order valence-corrected chi connectivity index (χ3v) is 2.29. The number of benzene rings is 1. The van der Waals surface area contributed by atoms with Crippen molar-refractivity contribution in [2.75, 3.05) is 0 Å². The van der Waals surface area contributed by atoms with Crippen molar-refractivity contribution in [1.82, 2.24) is 0 Å². The van der Waals surface area contributed by atoms with Gasteiger partial charge in [0, 0.05) is 0 Å². The molecular formula is C10H12O3. The third kappa shape index (κ3) is 1.49. The number of hydrogen-bond acceptors (Lipinski definition) is 2. The Labute approximate surface area is 76.6 Å². The smallest absolute Gasteiger partial charge is 0.335 e. The van der Waals surface area contributed by atoms with E-state index in [1.165, 1.54) is 6.07 Å². The van der Waals surface area contributed by atoms with E-state index in [-0.39, 0.29) is 11.3 Å². The van der Waals surface area contributed by atoms with Crippen LogP contribution in [0.2, 0.25) is 0 Å². The van der Waals surface area contributed by atoms with E-state index >= 15 is 0 Å². The monoisotopic (exact) mass is 180 g/mol. The molecule has 1 aromatic rings. The Balaban J connectivity index is 3.50. The molecule has 0 aliphatic rings. The molecule has 0 spiro atoms. The summed E-state index contributed by atoms with van der Waals surface area (Å²) in [6, 6.07) is 1.49. The Morgan fingerprint density at radius 3 is 2.23 bits per heavy atom. The van der Waals surface area contributed by atoms with Crippen LogP contribution in [-0.2, 0) is 0 Å². The summed E-state index contributed by atoms with van der Waals surface area (Å²) in [6.07, 6.45) is 0. The summed E-state index contributed by atoms with van der Waals surface area (Å²) < 4.78 is 0. The van der Waals surface area contributed by atoms with Crippen molar-refractivity contribution in [3.05, 3.63) is 28.3 Å². The van der Waals surface area contributed by atoms with Crippen LogP contribution in [0.1, 0.15) is 27.0 Å². The minimum atomic E-state index is -0.955. The zero-order chi connectivity index (χ0) is 10.2. The molecule has 1 aromatic carbocycles. The Morgan fingerprint density at radius 1 is 1.23 bits per heavy atom. The van der Waals surface area contributed by atoms with Crippen molar-refractivity contribution in [3.8, 4) is 5.75 Å². The van der Waals surface area contributed by atoms with Crippen molar-refractivity contribution in [2.45, 2.75) is 20.8 Å². The third-order valence-electron chi connectivity index (χ3n) is 2.29. The molecule has 1 rings (SSSR count). The highest BCUT2D eigenvalue weighted by Gasteiger charge is 2.13. The lowest BCUT2D eigenvalue weighted by atomic mass is 9.99. The first-order valence-corrected chi connectivity index (χ1v) is 3.98. The van der Waals surface area contributed by atoms with E-state index in [9.17, 15) is 9.90 Å². The Bertz CT molecular complexity index is 367. The van der Waals surface area contributed by atoms with Crippen LogP contribution in [-0.4, -0.2) is 16.2 Å². The predicted molar refractivity (Wildman–Crippen MR) is 49.3 cm³/mol. The molecule has 0 aliphatic carbocycles. The summed E-state index contributed by atoms with van der Waals surface area (Å²) in [7, 11) is 0. The van der Waals surface area contributed by atoms with E-state index in [1.54, 1.807) is 20.8 Å². The van der Waals surface area contributed by atoms with Gasteiger partial charge in [-0.05, 0) is 43.5 Å². The van der Waals surface area contributed by atoms with Crippen LogP contribution in [0.4, 0.5) is 0 Å². The SMILES string of the molecule is Cc1cc(C(=O)O)c(C)c(C)c1O. The number of aromatic hydroxyl groups is 1. The first-order chi connectivity index (χ1) is 5.95. The van der Waals surface area contributed by atoms with Crippen LogP contribution < -0.4 is 0 Å². The van der Waals surface area contributed by atoms with Gasteiger partial charge in [-0.1, -0.05) is 0 Å². The van der Waals surface area contributed by atoms with Gasteiger partial charge in [0.25, 0.3) is 0 Å². The average Bonchev–Trinajstić information content (AvgIpc) is 2.07. The van der Waals surface area contributed by atoms with Crippen LogP contribution in [0.15, 0.2) is 6.07 Å². The molecule has 0 saturated carbocycles. The van der Waals surface area contributed by atoms with Gasteiger partial charge in [-0.3, -0.25) is 0 Å². The van der Waals surface area contributed by atoms with Gasteiger partial charge < -0.3 is 10.2 Å². The molecule has 0 fully saturated rings. The highest BCUT2D eigenvalue weighted by atomic mass is 16.4. The molecule has 0 unspecified atom stereocenters. The second-order valence-corrected chi connectivity index (χ2v) is 3.14.